The number of carbonyl (C=O) groups is 1. The van der Waals surface area contributed by atoms with Crippen LogP contribution in [0.3, 0.4) is 0 Å². The molecular formula is C13H18N2O5S. The normalized spacial score (nSPS) is 25.9. The number of aryl methyl sites for hydroxylation is 1. The van der Waals surface area contributed by atoms with E-state index in [1.807, 2.05) is 0 Å². The van der Waals surface area contributed by atoms with Crippen LogP contribution in [0.25, 0.3) is 0 Å². The molecule has 0 aliphatic carbocycles. The molecule has 2 unspecified atom stereocenters. The molecule has 8 heteroatoms. The van der Waals surface area contributed by atoms with Crippen molar-refractivity contribution in [1.29, 1.82) is 0 Å². The predicted molar refractivity (Wildman–Crippen MR) is 75.2 cm³/mol. The number of pyridine rings is 1. The third-order valence-electron chi connectivity index (χ3n) is 3.67. The lowest BCUT2D eigenvalue weighted by molar-refractivity contribution is -0.148. The zero-order chi connectivity index (χ0) is 15.5. The Morgan fingerprint density at radius 3 is 2.81 bits per heavy atom. The molecule has 1 aliphatic heterocycles. The Bertz CT molecular complexity index is 604. The third-order valence-corrected chi connectivity index (χ3v) is 5.06. The number of ether oxygens (including phenoxy) is 1. The van der Waals surface area contributed by atoms with Crippen LogP contribution in [-0.4, -0.2) is 49.5 Å². The summed E-state index contributed by atoms with van der Waals surface area (Å²) >= 11 is 0. The minimum Gasteiger partial charge on any atom is -0.481 e. The Kier molecular flexibility index (Phi) is 4.60. The Hall–Kier alpha value is -1.51. The first-order valence-corrected chi connectivity index (χ1v) is 8.19. The van der Waals surface area contributed by atoms with Gasteiger partial charge in [-0.15, -0.1) is 0 Å². The van der Waals surface area contributed by atoms with Crippen LogP contribution in [-0.2, 0) is 26.0 Å². The van der Waals surface area contributed by atoms with Gasteiger partial charge in [-0.3, -0.25) is 9.78 Å². The maximum Gasteiger partial charge on any atom is 0.313 e. The van der Waals surface area contributed by atoms with Gasteiger partial charge in [0.1, 0.15) is 5.41 Å². The summed E-state index contributed by atoms with van der Waals surface area (Å²) in [5.74, 6) is -1.18. The average molecular weight is 314 g/mol. The number of nitrogens with zero attached hydrogens (tertiary/aromatic N) is 1. The first-order chi connectivity index (χ1) is 9.83. The Morgan fingerprint density at radius 1 is 1.52 bits per heavy atom. The zero-order valence-corrected chi connectivity index (χ0v) is 12.5. The summed E-state index contributed by atoms with van der Waals surface area (Å²) in [6.07, 6.45) is 3.54. The van der Waals surface area contributed by atoms with E-state index in [1.165, 1.54) is 6.92 Å². The largest absolute Gasteiger partial charge is 0.481 e. The highest BCUT2D eigenvalue weighted by molar-refractivity contribution is 7.89. The van der Waals surface area contributed by atoms with Crippen LogP contribution in [0.1, 0.15) is 12.5 Å². The zero-order valence-electron chi connectivity index (χ0n) is 11.7. The number of hydrogen-bond donors (Lipinski definition) is 2. The molecule has 1 aromatic rings. The molecule has 2 rings (SSSR count). The van der Waals surface area contributed by atoms with Crippen molar-refractivity contribution in [3.63, 3.8) is 0 Å². The summed E-state index contributed by atoms with van der Waals surface area (Å²) in [7, 11) is -3.58. The highest BCUT2D eigenvalue weighted by atomic mass is 32.2. The van der Waals surface area contributed by atoms with E-state index in [-0.39, 0.29) is 19.0 Å². The molecule has 116 valence electrons. The van der Waals surface area contributed by atoms with Gasteiger partial charge in [0.15, 0.2) is 0 Å². The maximum atomic E-state index is 12.1. The molecule has 21 heavy (non-hydrogen) atoms. The molecule has 0 bridgehead atoms. The van der Waals surface area contributed by atoms with Crippen LogP contribution < -0.4 is 4.72 Å². The van der Waals surface area contributed by atoms with E-state index in [1.54, 1.807) is 24.5 Å². The van der Waals surface area contributed by atoms with E-state index in [0.29, 0.717) is 6.42 Å². The molecule has 0 aromatic carbocycles. The number of aromatic nitrogens is 1. The van der Waals surface area contributed by atoms with E-state index in [0.717, 1.165) is 5.56 Å². The van der Waals surface area contributed by atoms with Gasteiger partial charge in [0.05, 0.1) is 25.0 Å². The summed E-state index contributed by atoms with van der Waals surface area (Å²) < 4.78 is 31.8. The predicted octanol–water partition coefficient (Wildman–Crippen LogP) is 0.0332. The van der Waals surface area contributed by atoms with Gasteiger partial charge in [-0.1, -0.05) is 0 Å². The van der Waals surface area contributed by atoms with Crippen molar-refractivity contribution in [2.75, 3.05) is 19.0 Å². The van der Waals surface area contributed by atoms with Gasteiger partial charge in [-0.2, -0.15) is 0 Å². The Balaban J connectivity index is 1.99. The number of aliphatic carboxylic acids is 1. The molecule has 1 aromatic heterocycles. The Labute approximate surface area is 123 Å². The van der Waals surface area contributed by atoms with Gasteiger partial charge < -0.3 is 9.84 Å². The maximum absolute atomic E-state index is 12.1. The van der Waals surface area contributed by atoms with E-state index in [4.69, 9.17) is 4.74 Å². The minimum absolute atomic E-state index is 0.000124. The van der Waals surface area contributed by atoms with Crippen LogP contribution in [0.2, 0.25) is 0 Å². The number of hydrogen-bond acceptors (Lipinski definition) is 5. The first-order valence-electron chi connectivity index (χ1n) is 6.53. The van der Waals surface area contributed by atoms with Crippen molar-refractivity contribution in [3.8, 4) is 0 Å². The summed E-state index contributed by atoms with van der Waals surface area (Å²) in [4.78, 5) is 15.1. The van der Waals surface area contributed by atoms with E-state index in [2.05, 4.69) is 9.71 Å². The SMILES string of the molecule is CC1(C(=O)O)COCC1NS(=O)(=O)CCc1ccncc1. The molecule has 1 aliphatic rings. The molecule has 1 fully saturated rings. The van der Waals surface area contributed by atoms with Gasteiger partial charge in [-0.25, -0.2) is 13.1 Å². The van der Waals surface area contributed by atoms with Crippen molar-refractivity contribution in [1.82, 2.24) is 9.71 Å². The summed E-state index contributed by atoms with van der Waals surface area (Å²) in [6.45, 7) is 1.55. The molecule has 0 saturated carbocycles. The van der Waals surface area contributed by atoms with Crippen LogP contribution in [0, 0.1) is 5.41 Å². The molecule has 1 saturated heterocycles. The summed E-state index contributed by atoms with van der Waals surface area (Å²) in [5, 5.41) is 9.23. The number of sulfonamides is 1. The highest BCUT2D eigenvalue weighted by Gasteiger charge is 2.48. The van der Waals surface area contributed by atoms with E-state index >= 15 is 0 Å². The van der Waals surface area contributed by atoms with Gasteiger partial charge in [0.2, 0.25) is 10.0 Å². The van der Waals surface area contributed by atoms with Crippen molar-refractivity contribution >= 4 is 16.0 Å². The minimum atomic E-state index is -3.58. The second kappa shape index (κ2) is 6.08. The van der Waals surface area contributed by atoms with Crippen LogP contribution >= 0.6 is 0 Å². The first kappa shape index (κ1) is 15.9. The van der Waals surface area contributed by atoms with Gasteiger partial charge in [0.25, 0.3) is 0 Å². The number of rotatable bonds is 6. The quantitative estimate of drug-likeness (QED) is 0.767. The summed E-state index contributed by atoms with van der Waals surface area (Å²) in [5.41, 5.74) is -0.372. The Morgan fingerprint density at radius 2 is 2.19 bits per heavy atom. The number of nitrogens with one attached hydrogen (secondary N) is 1. The van der Waals surface area contributed by atoms with Crippen molar-refractivity contribution in [3.05, 3.63) is 30.1 Å². The van der Waals surface area contributed by atoms with Gasteiger partial charge in [0, 0.05) is 12.4 Å². The fraction of sp³-hybridized carbons (Fsp3) is 0.538. The number of carboxylic acids is 1. The van der Waals surface area contributed by atoms with E-state index < -0.39 is 27.4 Å². The molecule has 0 radical (unpaired) electrons. The fourth-order valence-corrected chi connectivity index (χ4v) is 3.51. The van der Waals surface area contributed by atoms with E-state index in [9.17, 15) is 18.3 Å². The molecule has 7 nitrogen and oxygen atoms in total. The average Bonchev–Trinajstić information content (AvgIpc) is 2.80. The van der Waals surface area contributed by atoms with Crippen LogP contribution in [0.4, 0.5) is 0 Å². The summed E-state index contributed by atoms with van der Waals surface area (Å²) in [6, 6.07) is 2.74. The smallest absolute Gasteiger partial charge is 0.313 e. The molecule has 0 amide bonds. The van der Waals surface area contributed by atoms with Crippen LogP contribution in [0.5, 0.6) is 0 Å². The number of carboxylic acid groups (broad SMARTS) is 1. The molecule has 2 N–H and O–H groups in total. The van der Waals surface area contributed by atoms with Crippen LogP contribution in [0.15, 0.2) is 24.5 Å². The lowest BCUT2D eigenvalue weighted by Crippen LogP contribution is -2.50. The van der Waals surface area contributed by atoms with Gasteiger partial charge in [-0.05, 0) is 31.0 Å². The topological polar surface area (TPSA) is 106 Å². The van der Waals surface area contributed by atoms with Crippen molar-refractivity contribution in [2.45, 2.75) is 19.4 Å². The fourth-order valence-electron chi connectivity index (χ4n) is 2.13. The van der Waals surface area contributed by atoms with Gasteiger partial charge >= 0.3 is 5.97 Å². The standard InChI is InChI=1S/C13H18N2O5S/c1-13(12(16)17)9-20-8-11(13)15-21(18,19)7-4-10-2-5-14-6-3-10/h2-3,5-6,11,15H,4,7-9H2,1H3,(H,16,17). The molecule has 0 spiro atoms. The van der Waals surface area contributed by atoms with Crippen molar-refractivity contribution < 1.29 is 23.1 Å². The monoisotopic (exact) mass is 314 g/mol. The molecular weight excluding hydrogens is 296 g/mol. The second-order valence-corrected chi connectivity index (χ2v) is 7.21. The third kappa shape index (κ3) is 3.78. The lowest BCUT2D eigenvalue weighted by Gasteiger charge is -2.25. The highest BCUT2D eigenvalue weighted by Crippen LogP contribution is 2.29. The molecule has 2 atom stereocenters. The molecule has 2 heterocycles. The second-order valence-electron chi connectivity index (χ2n) is 5.33. The lowest BCUT2D eigenvalue weighted by atomic mass is 9.86. The van der Waals surface area contributed by atoms with Crippen molar-refractivity contribution in [2.24, 2.45) is 5.41 Å².